The van der Waals surface area contributed by atoms with Gasteiger partial charge in [0.25, 0.3) is 0 Å². The van der Waals surface area contributed by atoms with Crippen LogP contribution in [0.25, 0.3) is 0 Å². The minimum Gasteiger partial charge on any atom is -0.350 e. The van der Waals surface area contributed by atoms with Gasteiger partial charge < -0.3 is 14.8 Å². The first-order valence-electron chi connectivity index (χ1n) is 5.67. The molecule has 0 aromatic heterocycles. The number of carbonyl (C=O) groups is 1. The second-order valence-electron chi connectivity index (χ2n) is 3.95. The van der Waals surface area contributed by atoms with E-state index in [0.717, 1.165) is 39.0 Å². The third-order valence-electron chi connectivity index (χ3n) is 2.62. The van der Waals surface area contributed by atoms with Crippen LogP contribution in [0.1, 0.15) is 33.1 Å². The lowest BCUT2D eigenvalue weighted by Crippen LogP contribution is -2.32. The summed E-state index contributed by atoms with van der Waals surface area (Å²) in [5.74, 6) is 0.192. The van der Waals surface area contributed by atoms with Crippen LogP contribution in [-0.4, -0.2) is 37.9 Å². The zero-order valence-electron chi connectivity index (χ0n) is 9.62. The summed E-state index contributed by atoms with van der Waals surface area (Å²) in [4.78, 5) is 10.9. The van der Waals surface area contributed by atoms with Crippen molar-refractivity contribution in [2.24, 2.45) is 0 Å². The van der Waals surface area contributed by atoms with Crippen molar-refractivity contribution in [1.29, 1.82) is 0 Å². The zero-order valence-corrected chi connectivity index (χ0v) is 9.62. The summed E-state index contributed by atoms with van der Waals surface area (Å²) in [6.45, 7) is 5.84. The predicted molar refractivity (Wildman–Crippen MR) is 57.7 cm³/mol. The van der Waals surface area contributed by atoms with Crippen molar-refractivity contribution in [3.63, 3.8) is 0 Å². The summed E-state index contributed by atoms with van der Waals surface area (Å²) in [6, 6.07) is -0.0241. The maximum atomic E-state index is 10.9. The number of nitrogens with one attached hydrogen (secondary N) is 1. The Kier molecular flexibility index (Phi) is 5.83. The molecule has 0 saturated carbocycles. The molecule has 0 radical (unpaired) electrons. The minimum atomic E-state index is -0.0241. The number of carbonyl (C=O) groups excluding carboxylic acids is 1. The van der Waals surface area contributed by atoms with Crippen LogP contribution in [0.15, 0.2) is 0 Å². The Morgan fingerprint density at radius 1 is 1.40 bits per heavy atom. The molecule has 0 aromatic rings. The first kappa shape index (κ1) is 12.6. The quantitative estimate of drug-likeness (QED) is 0.646. The Morgan fingerprint density at radius 2 is 2.07 bits per heavy atom. The van der Waals surface area contributed by atoms with Crippen molar-refractivity contribution in [2.45, 2.75) is 45.4 Å². The Bertz CT molecular complexity index is 190. The Hall–Kier alpha value is -0.450. The number of Topliss-reactive ketones (excluding diaryl/α,β-unsaturated/α-hetero) is 1. The maximum absolute atomic E-state index is 10.9. The molecule has 0 aromatic carbocycles. The van der Waals surface area contributed by atoms with Gasteiger partial charge in [-0.15, -0.1) is 0 Å². The Morgan fingerprint density at radius 3 is 2.67 bits per heavy atom. The lowest BCUT2D eigenvalue weighted by molar-refractivity contribution is -0.118. The molecule has 1 aliphatic heterocycles. The molecule has 0 unspecified atom stereocenters. The average molecular weight is 215 g/mol. The molecular weight excluding hydrogens is 194 g/mol. The third kappa shape index (κ3) is 5.25. The summed E-state index contributed by atoms with van der Waals surface area (Å²) in [5, 5.41) is 3.18. The van der Waals surface area contributed by atoms with E-state index in [1.807, 2.05) is 6.92 Å². The molecule has 1 rings (SSSR count). The Labute approximate surface area is 91.3 Å². The van der Waals surface area contributed by atoms with E-state index in [4.69, 9.17) is 9.47 Å². The molecule has 1 fully saturated rings. The molecule has 88 valence electrons. The highest BCUT2D eigenvalue weighted by atomic mass is 16.7. The van der Waals surface area contributed by atoms with Crippen LogP contribution < -0.4 is 5.32 Å². The smallest absolute Gasteiger partial charge is 0.157 e. The fourth-order valence-corrected chi connectivity index (χ4v) is 1.47. The molecular formula is C11H21NO3. The number of hydrogen-bond donors (Lipinski definition) is 1. The molecule has 1 aliphatic rings. The molecule has 1 atom stereocenters. The van der Waals surface area contributed by atoms with Crippen LogP contribution in [0.5, 0.6) is 0 Å². The largest absolute Gasteiger partial charge is 0.350 e. The van der Waals surface area contributed by atoms with Gasteiger partial charge in [-0.05, 0) is 39.7 Å². The highest BCUT2D eigenvalue weighted by molar-refractivity contribution is 5.80. The first-order valence-corrected chi connectivity index (χ1v) is 5.67. The summed E-state index contributed by atoms with van der Waals surface area (Å²) in [7, 11) is 0. The molecule has 1 N–H and O–H groups in total. The second-order valence-corrected chi connectivity index (χ2v) is 3.95. The molecule has 0 amide bonds. The minimum absolute atomic E-state index is 0.00947. The maximum Gasteiger partial charge on any atom is 0.157 e. The Balaban J connectivity index is 1.90. The van der Waals surface area contributed by atoms with Crippen LogP contribution in [0.4, 0.5) is 0 Å². The number of rotatable bonds is 7. The monoisotopic (exact) mass is 215 g/mol. The molecule has 1 saturated heterocycles. The van der Waals surface area contributed by atoms with E-state index < -0.39 is 0 Å². The van der Waals surface area contributed by atoms with Gasteiger partial charge in [0.15, 0.2) is 6.29 Å². The van der Waals surface area contributed by atoms with Gasteiger partial charge in [-0.3, -0.25) is 4.79 Å². The molecule has 4 nitrogen and oxygen atoms in total. The van der Waals surface area contributed by atoms with Crippen molar-refractivity contribution in [2.75, 3.05) is 19.8 Å². The summed E-state index contributed by atoms with van der Waals surface area (Å²) in [5.41, 5.74) is 0. The van der Waals surface area contributed by atoms with Gasteiger partial charge >= 0.3 is 0 Å². The van der Waals surface area contributed by atoms with Gasteiger partial charge in [-0.2, -0.15) is 0 Å². The standard InChI is InChI=1S/C11H21NO3/c1-9(10(2)13)12-6-4-3-5-11-14-7-8-15-11/h9,11-12H,3-8H2,1-2H3/t9-/m0/s1. The van der Waals surface area contributed by atoms with E-state index >= 15 is 0 Å². The van der Waals surface area contributed by atoms with E-state index in [1.54, 1.807) is 6.92 Å². The summed E-state index contributed by atoms with van der Waals surface area (Å²) >= 11 is 0. The van der Waals surface area contributed by atoms with Crippen LogP contribution in [-0.2, 0) is 14.3 Å². The number of ketones is 1. The SMILES string of the molecule is CC(=O)[C@H](C)NCCCCC1OCCO1. The van der Waals surface area contributed by atoms with Crippen LogP contribution >= 0.6 is 0 Å². The van der Waals surface area contributed by atoms with Crippen molar-refractivity contribution in [3.05, 3.63) is 0 Å². The molecule has 0 spiro atoms. The topological polar surface area (TPSA) is 47.6 Å². The van der Waals surface area contributed by atoms with E-state index in [0.29, 0.717) is 0 Å². The summed E-state index contributed by atoms with van der Waals surface area (Å²) in [6.07, 6.45) is 3.09. The van der Waals surface area contributed by atoms with Crippen molar-refractivity contribution >= 4 is 5.78 Å². The average Bonchev–Trinajstić information content (AvgIpc) is 2.69. The summed E-state index contributed by atoms with van der Waals surface area (Å²) < 4.78 is 10.6. The van der Waals surface area contributed by atoms with E-state index in [-0.39, 0.29) is 18.1 Å². The normalized spacial score (nSPS) is 19.3. The lowest BCUT2D eigenvalue weighted by Gasteiger charge is -2.11. The fourth-order valence-electron chi connectivity index (χ4n) is 1.47. The van der Waals surface area contributed by atoms with Crippen molar-refractivity contribution in [3.8, 4) is 0 Å². The van der Waals surface area contributed by atoms with Crippen LogP contribution in [0, 0.1) is 0 Å². The van der Waals surface area contributed by atoms with Gasteiger partial charge in [-0.25, -0.2) is 0 Å². The second kappa shape index (κ2) is 6.93. The zero-order chi connectivity index (χ0) is 11.1. The van der Waals surface area contributed by atoms with Crippen LogP contribution in [0.3, 0.4) is 0 Å². The van der Waals surface area contributed by atoms with Crippen molar-refractivity contribution < 1.29 is 14.3 Å². The molecule has 0 bridgehead atoms. The van der Waals surface area contributed by atoms with E-state index in [9.17, 15) is 4.79 Å². The van der Waals surface area contributed by atoms with Gasteiger partial charge in [0.1, 0.15) is 5.78 Å². The van der Waals surface area contributed by atoms with E-state index in [2.05, 4.69) is 5.32 Å². The predicted octanol–water partition coefficient (Wildman–Crippen LogP) is 1.10. The van der Waals surface area contributed by atoms with E-state index in [1.165, 1.54) is 0 Å². The highest BCUT2D eigenvalue weighted by Crippen LogP contribution is 2.10. The number of hydrogen-bond acceptors (Lipinski definition) is 4. The van der Waals surface area contributed by atoms with Gasteiger partial charge in [0, 0.05) is 0 Å². The lowest BCUT2D eigenvalue weighted by atomic mass is 10.2. The molecule has 0 aliphatic carbocycles. The molecule has 1 heterocycles. The highest BCUT2D eigenvalue weighted by Gasteiger charge is 2.14. The molecule has 15 heavy (non-hydrogen) atoms. The molecule has 4 heteroatoms. The van der Waals surface area contributed by atoms with Crippen molar-refractivity contribution in [1.82, 2.24) is 5.32 Å². The van der Waals surface area contributed by atoms with Gasteiger partial charge in [-0.1, -0.05) is 0 Å². The fraction of sp³-hybridized carbons (Fsp3) is 0.909. The first-order chi connectivity index (χ1) is 7.20. The number of unbranched alkanes of at least 4 members (excludes halogenated alkanes) is 1. The van der Waals surface area contributed by atoms with Gasteiger partial charge in [0.2, 0.25) is 0 Å². The van der Waals surface area contributed by atoms with Gasteiger partial charge in [0.05, 0.1) is 19.3 Å². The number of ether oxygens (including phenoxy) is 2. The van der Waals surface area contributed by atoms with Crippen LogP contribution in [0.2, 0.25) is 0 Å². The third-order valence-corrected chi connectivity index (χ3v) is 2.62.